The van der Waals surface area contributed by atoms with Gasteiger partial charge in [0.2, 0.25) is 0 Å². The minimum atomic E-state index is -0.456. The van der Waals surface area contributed by atoms with Crippen LogP contribution in [-0.4, -0.2) is 46.2 Å². The molecule has 2 N–H and O–H groups in total. The number of benzene rings is 3. The monoisotopic (exact) mass is 570 g/mol. The van der Waals surface area contributed by atoms with Crippen LogP contribution in [0, 0.1) is 13.8 Å². The Morgan fingerprint density at radius 2 is 1.63 bits per heavy atom. The van der Waals surface area contributed by atoms with Gasteiger partial charge in [-0.15, -0.1) is 10.2 Å². The number of aromatic nitrogens is 3. The molecule has 0 aliphatic carbocycles. The number of fused-ring (bicyclic) bond motifs is 1. The lowest BCUT2D eigenvalue weighted by atomic mass is 10.1. The Balaban J connectivity index is 1.53. The Labute approximate surface area is 236 Å². The molecule has 198 valence electrons. The number of hydrogen-bond donors (Lipinski definition) is 2. The van der Waals surface area contributed by atoms with E-state index in [1.807, 2.05) is 25.1 Å². The highest BCUT2D eigenvalue weighted by Crippen LogP contribution is 2.34. The van der Waals surface area contributed by atoms with Crippen LogP contribution in [0.25, 0.3) is 16.7 Å². The van der Waals surface area contributed by atoms with Gasteiger partial charge in [-0.1, -0.05) is 23.2 Å². The van der Waals surface area contributed by atoms with E-state index < -0.39 is 5.91 Å². The van der Waals surface area contributed by atoms with Crippen molar-refractivity contribution in [3.8, 4) is 11.4 Å². The summed E-state index contributed by atoms with van der Waals surface area (Å²) in [6.07, 6.45) is 0. The van der Waals surface area contributed by atoms with E-state index in [9.17, 15) is 4.79 Å². The van der Waals surface area contributed by atoms with Crippen molar-refractivity contribution in [3.63, 3.8) is 0 Å². The van der Waals surface area contributed by atoms with E-state index >= 15 is 0 Å². The maximum atomic E-state index is 12.7. The van der Waals surface area contributed by atoms with Crippen LogP contribution in [0.5, 0.6) is 5.75 Å². The standard InChI is InChI=1S/C27H28Cl2N6O2S/c1-6-34(7-2)18-8-9-24(16(4)10-18)35-32-22-11-15(3)21(14-23(22)33-35)30-27(38)31-26(36)17-12-19(28)25(37-5)20(29)13-17/h8-14H,6-7H2,1-5H3,(H2,30,31,36,38). The first-order valence-corrected chi connectivity index (χ1v) is 13.2. The average molecular weight is 572 g/mol. The van der Waals surface area contributed by atoms with Crippen LogP contribution in [-0.2, 0) is 0 Å². The van der Waals surface area contributed by atoms with Crippen LogP contribution in [0.4, 0.5) is 11.4 Å². The molecule has 0 atom stereocenters. The molecule has 3 aromatic carbocycles. The summed E-state index contributed by atoms with van der Waals surface area (Å²) >= 11 is 17.7. The van der Waals surface area contributed by atoms with Gasteiger partial charge in [-0.2, -0.15) is 4.80 Å². The predicted octanol–water partition coefficient (Wildman–Crippen LogP) is 6.33. The molecule has 0 bridgehead atoms. The molecule has 0 unspecified atom stereocenters. The molecule has 1 amide bonds. The highest BCUT2D eigenvalue weighted by molar-refractivity contribution is 7.80. The number of ether oxygens (including phenoxy) is 1. The lowest BCUT2D eigenvalue weighted by Gasteiger charge is -2.22. The zero-order chi connectivity index (χ0) is 27.6. The van der Waals surface area contributed by atoms with Gasteiger partial charge >= 0.3 is 0 Å². The topological polar surface area (TPSA) is 84.3 Å². The summed E-state index contributed by atoms with van der Waals surface area (Å²) in [5.41, 5.74) is 6.44. The molecule has 0 fully saturated rings. The third kappa shape index (κ3) is 5.70. The number of rotatable bonds is 7. The van der Waals surface area contributed by atoms with Crippen LogP contribution in [0.3, 0.4) is 0 Å². The first-order valence-electron chi connectivity index (χ1n) is 12.0. The van der Waals surface area contributed by atoms with Gasteiger partial charge in [0.05, 0.1) is 22.8 Å². The SMILES string of the molecule is CCN(CC)c1ccc(-n2nc3cc(C)c(NC(=S)NC(=O)c4cc(Cl)c(OC)c(Cl)c4)cc3n2)c(C)c1. The lowest BCUT2D eigenvalue weighted by Crippen LogP contribution is -2.34. The second kappa shape index (κ2) is 11.6. The summed E-state index contributed by atoms with van der Waals surface area (Å²) < 4.78 is 5.13. The number of carbonyl (C=O) groups excluding carboxylic acids is 1. The Hall–Kier alpha value is -3.40. The van der Waals surface area contributed by atoms with Crippen molar-refractivity contribution in [2.24, 2.45) is 0 Å². The Kier molecular flexibility index (Phi) is 8.40. The maximum absolute atomic E-state index is 12.7. The smallest absolute Gasteiger partial charge is 0.257 e. The second-order valence-electron chi connectivity index (χ2n) is 8.67. The molecule has 11 heteroatoms. The molecule has 0 spiro atoms. The van der Waals surface area contributed by atoms with Gasteiger partial charge < -0.3 is 15.0 Å². The van der Waals surface area contributed by atoms with Gasteiger partial charge in [0.15, 0.2) is 10.9 Å². The van der Waals surface area contributed by atoms with Gasteiger partial charge in [0, 0.05) is 30.0 Å². The van der Waals surface area contributed by atoms with Crippen LogP contribution in [0.1, 0.15) is 35.3 Å². The first kappa shape index (κ1) is 27.6. The third-order valence-corrected chi connectivity index (χ3v) is 6.96. The number of hydrogen-bond acceptors (Lipinski definition) is 6. The molecule has 38 heavy (non-hydrogen) atoms. The van der Waals surface area contributed by atoms with E-state index in [0.29, 0.717) is 17.0 Å². The summed E-state index contributed by atoms with van der Waals surface area (Å²) in [7, 11) is 1.45. The van der Waals surface area contributed by atoms with Crippen molar-refractivity contribution < 1.29 is 9.53 Å². The molecular formula is C27H28Cl2N6O2S. The van der Waals surface area contributed by atoms with Crippen molar-refractivity contribution in [2.75, 3.05) is 30.4 Å². The second-order valence-corrected chi connectivity index (χ2v) is 9.89. The minimum Gasteiger partial charge on any atom is -0.494 e. The normalized spacial score (nSPS) is 10.9. The van der Waals surface area contributed by atoms with Gasteiger partial charge in [0.25, 0.3) is 5.91 Å². The van der Waals surface area contributed by atoms with Gasteiger partial charge in [-0.05, 0) is 93.5 Å². The number of halogens is 2. The molecule has 0 aliphatic rings. The van der Waals surface area contributed by atoms with E-state index in [0.717, 1.165) is 35.4 Å². The molecule has 0 saturated carbocycles. The fourth-order valence-electron chi connectivity index (χ4n) is 4.17. The Bertz CT molecular complexity index is 1510. The average Bonchev–Trinajstić information content (AvgIpc) is 3.27. The van der Waals surface area contributed by atoms with Crippen molar-refractivity contribution >= 4 is 68.8 Å². The fraction of sp³-hybridized carbons (Fsp3) is 0.259. The summed E-state index contributed by atoms with van der Waals surface area (Å²) in [6.45, 7) is 10.2. The van der Waals surface area contributed by atoms with Crippen LogP contribution in [0.2, 0.25) is 10.0 Å². The lowest BCUT2D eigenvalue weighted by molar-refractivity contribution is 0.0977. The Morgan fingerprint density at radius 1 is 1.00 bits per heavy atom. The molecule has 0 aliphatic heterocycles. The molecule has 4 aromatic rings. The number of thiocarbonyl (C=S) groups is 1. The molecule has 0 radical (unpaired) electrons. The number of amides is 1. The molecule has 0 saturated heterocycles. The molecule has 8 nitrogen and oxygen atoms in total. The van der Waals surface area contributed by atoms with E-state index in [4.69, 9.17) is 45.3 Å². The van der Waals surface area contributed by atoms with Gasteiger partial charge in [-0.3, -0.25) is 10.1 Å². The molecule has 4 rings (SSSR count). The predicted molar refractivity (Wildman–Crippen MR) is 159 cm³/mol. The highest BCUT2D eigenvalue weighted by Gasteiger charge is 2.16. The molecular weight excluding hydrogens is 543 g/mol. The summed E-state index contributed by atoms with van der Waals surface area (Å²) in [4.78, 5) is 16.7. The van der Waals surface area contributed by atoms with E-state index in [1.165, 1.54) is 24.9 Å². The number of methoxy groups -OCH3 is 1. The largest absolute Gasteiger partial charge is 0.494 e. The van der Waals surface area contributed by atoms with Crippen LogP contribution in [0.15, 0.2) is 42.5 Å². The maximum Gasteiger partial charge on any atom is 0.257 e. The number of carbonyl (C=O) groups is 1. The van der Waals surface area contributed by atoms with Gasteiger partial charge in [0.1, 0.15) is 11.0 Å². The zero-order valence-electron chi connectivity index (χ0n) is 21.7. The highest BCUT2D eigenvalue weighted by atomic mass is 35.5. The first-order chi connectivity index (χ1) is 18.1. The molecule has 1 heterocycles. The number of aryl methyl sites for hydroxylation is 2. The third-order valence-electron chi connectivity index (χ3n) is 6.19. The summed E-state index contributed by atoms with van der Waals surface area (Å²) in [5.74, 6) is -0.153. The van der Waals surface area contributed by atoms with Crippen molar-refractivity contribution in [2.45, 2.75) is 27.7 Å². The van der Waals surface area contributed by atoms with Crippen LogP contribution < -0.4 is 20.3 Å². The van der Waals surface area contributed by atoms with Crippen molar-refractivity contribution in [1.82, 2.24) is 20.3 Å². The van der Waals surface area contributed by atoms with Crippen LogP contribution >= 0.6 is 35.4 Å². The van der Waals surface area contributed by atoms with Crippen molar-refractivity contribution in [3.05, 3.63) is 69.2 Å². The number of anilines is 2. The number of nitrogens with zero attached hydrogens (tertiary/aromatic N) is 4. The summed E-state index contributed by atoms with van der Waals surface area (Å²) in [5, 5.41) is 15.7. The number of nitrogens with one attached hydrogen (secondary N) is 2. The fourth-order valence-corrected chi connectivity index (χ4v) is 5.02. The minimum absolute atomic E-state index is 0.121. The van der Waals surface area contributed by atoms with E-state index in [-0.39, 0.29) is 20.7 Å². The Morgan fingerprint density at radius 3 is 2.21 bits per heavy atom. The van der Waals surface area contributed by atoms with Crippen molar-refractivity contribution in [1.29, 1.82) is 0 Å². The van der Waals surface area contributed by atoms with E-state index in [2.05, 4.69) is 53.5 Å². The molecule has 1 aromatic heterocycles. The van der Waals surface area contributed by atoms with Gasteiger partial charge in [-0.25, -0.2) is 0 Å². The van der Waals surface area contributed by atoms with E-state index in [1.54, 1.807) is 4.80 Å². The summed E-state index contributed by atoms with van der Waals surface area (Å²) in [6, 6.07) is 13.0. The zero-order valence-corrected chi connectivity index (χ0v) is 24.1. The quantitative estimate of drug-likeness (QED) is 0.251.